The van der Waals surface area contributed by atoms with Crippen LogP contribution in [0.15, 0.2) is 36.7 Å². The molecular formula is C16H19N5O2. The minimum absolute atomic E-state index is 0.202. The Kier molecular flexibility index (Phi) is 4.12. The normalized spacial score (nSPS) is 20.5. The van der Waals surface area contributed by atoms with Crippen LogP contribution in [-0.2, 0) is 4.79 Å². The third-order valence-corrected chi connectivity index (χ3v) is 4.04. The molecule has 0 unspecified atom stereocenters. The van der Waals surface area contributed by atoms with Gasteiger partial charge < -0.3 is 20.9 Å². The van der Waals surface area contributed by atoms with Crippen LogP contribution in [0, 0.1) is 0 Å². The molecule has 1 saturated heterocycles. The number of imidazole rings is 1. The summed E-state index contributed by atoms with van der Waals surface area (Å²) in [4.78, 5) is 33.6. The number of hydrogen-bond donors (Lipinski definition) is 3. The van der Waals surface area contributed by atoms with Gasteiger partial charge >= 0.3 is 0 Å². The molecule has 0 spiro atoms. The largest absolute Gasteiger partial charge is 0.357 e. The van der Waals surface area contributed by atoms with Gasteiger partial charge in [-0.3, -0.25) is 9.59 Å². The van der Waals surface area contributed by atoms with Crippen molar-refractivity contribution in [3.8, 4) is 11.3 Å². The highest BCUT2D eigenvalue weighted by Gasteiger charge is 2.39. The Balaban J connectivity index is 1.92. The number of hydrogen-bond acceptors (Lipinski definition) is 4. The highest BCUT2D eigenvalue weighted by molar-refractivity contribution is 6.00. The molecule has 1 aromatic carbocycles. The Morgan fingerprint density at radius 2 is 2.09 bits per heavy atom. The molecule has 4 N–H and O–H groups in total. The minimum atomic E-state index is -0.547. The van der Waals surface area contributed by atoms with Crippen LogP contribution in [0.1, 0.15) is 16.9 Å². The number of nitrogens with one attached hydrogen (secondary N) is 2. The number of benzene rings is 1. The number of rotatable bonds is 3. The summed E-state index contributed by atoms with van der Waals surface area (Å²) in [5.74, 6) is -0.463. The zero-order valence-electron chi connectivity index (χ0n) is 12.8. The van der Waals surface area contributed by atoms with Crippen molar-refractivity contribution in [3.63, 3.8) is 0 Å². The summed E-state index contributed by atoms with van der Waals surface area (Å²) >= 11 is 0. The van der Waals surface area contributed by atoms with E-state index in [9.17, 15) is 9.59 Å². The smallest absolute Gasteiger partial charge is 0.273 e. The molecule has 1 aliphatic rings. The van der Waals surface area contributed by atoms with Crippen molar-refractivity contribution in [1.29, 1.82) is 0 Å². The number of carbonyl (C=O) groups is 2. The third-order valence-electron chi connectivity index (χ3n) is 4.04. The number of aromatic amines is 1. The second-order valence-electron chi connectivity index (χ2n) is 5.58. The van der Waals surface area contributed by atoms with Crippen molar-refractivity contribution in [2.45, 2.75) is 18.5 Å². The topological polar surface area (TPSA) is 104 Å². The molecule has 1 fully saturated rings. The van der Waals surface area contributed by atoms with Crippen molar-refractivity contribution < 1.29 is 9.59 Å². The van der Waals surface area contributed by atoms with E-state index in [1.165, 1.54) is 11.2 Å². The lowest BCUT2D eigenvalue weighted by molar-refractivity contribution is -0.124. The van der Waals surface area contributed by atoms with E-state index in [4.69, 9.17) is 5.73 Å². The van der Waals surface area contributed by atoms with Gasteiger partial charge in [0.25, 0.3) is 5.91 Å². The lowest BCUT2D eigenvalue weighted by Crippen LogP contribution is -2.45. The summed E-state index contributed by atoms with van der Waals surface area (Å²) in [6, 6.07) is 8.70. The van der Waals surface area contributed by atoms with Gasteiger partial charge in [-0.2, -0.15) is 0 Å². The number of H-pyrrole nitrogens is 1. The van der Waals surface area contributed by atoms with Gasteiger partial charge in [-0.25, -0.2) is 4.98 Å². The van der Waals surface area contributed by atoms with Crippen LogP contribution in [0.4, 0.5) is 0 Å². The first-order valence-electron chi connectivity index (χ1n) is 7.48. The molecule has 7 heteroatoms. The van der Waals surface area contributed by atoms with Crippen molar-refractivity contribution in [3.05, 3.63) is 42.4 Å². The molecule has 23 heavy (non-hydrogen) atoms. The second-order valence-corrected chi connectivity index (χ2v) is 5.58. The van der Waals surface area contributed by atoms with E-state index >= 15 is 0 Å². The maximum Gasteiger partial charge on any atom is 0.273 e. The molecule has 120 valence electrons. The van der Waals surface area contributed by atoms with E-state index in [1.54, 1.807) is 7.05 Å². The van der Waals surface area contributed by atoms with Crippen LogP contribution in [-0.4, -0.2) is 52.4 Å². The highest BCUT2D eigenvalue weighted by atomic mass is 16.2. The number of amides is 2. The van der Waals surface area contributed by atoms with Gasteiger partial charge in [0.15, 0.2) is 0 Å². The Bertz CT molecular complexity index is 712. The first-order valence-corrected chi connectivity index (χ1v) is 7.48. The number of likely N-dealkylation sites (tertiary alicyclic amines) is 1. The summed E-state index contributed by atoms with van der Waals surface area (Å²) in [6.07, 6.45) is 1.95. The second kappa shape index (κ2) is 6.21. The van der Waals surface area contributed by atoms with Crippen LogP contribution in [0.5, 0.6) is 0 Å². The number of likely N-dealkylation sites (N-methyl/N-ethyl adjacent to an activating group) is 1. The van der Waals surface area contributed by atoms with Crippen molar-refractivity contribution in [2.24, 2.45) is 5.73 Å². The molecule has 1 aliphatic heterocycles. The van der Waals surface area contributed by atoms with Gasteiger partial charge in [-0.1, -0.05) is 30.3 Å². The SMILES string of the molecule is CNC(=O)[C@@H]1C[C@@H](N)CN1C(=O)c1[nH]cnc1-c1ccccc1. The first-order chi connectivity index (χ1) is 11.1. The fourth-order valence-corrected chi connectivity index (χ4v) is 2.92. The van der Waals surface area contributed by atoms with Crippen molar-refractivity contribution in [1.82, 2.24) is 20.2 Å². The molecule has 3 rings (SSSR count). The number of nitrogens with zero attached hydrogens (tertiary/aromatic N) is 2. The summed E-state index contributed by atoms with van der Waals surface area (Å²) in [5.41, 5.74) is 7.74. The Morgan fingerprint density at radius 1 is 1.35 bits per heavy atom. The number of aromatic nitrogens is 2. The van der Waals surface area contributed by atoms with Gasteiger partial charge in [0.05, 0.1) is 6.33 Å². The average Bonchev–Trinajstić information content (AvgIpc) is 3.21. The van der Waals surface area contributed by atoms with E-state index in [2.05, 4.69) is 15.3 Å². The fourth-order valence-electron chi connectivity index (χ4n) is 2.92. The molecule has 0 aliphatic carbocycles. The fraction of sp³-hybridized carbons (Fsp3) is 0.312. The lowest BCUT2D eigenvalue weighted by Gasteiger charge is -2.23. The van der Waals surface area contributed by atoms with Crippen LogP contribution in [0.25, 0.3) is 11.3 Å². The lowest BCUT2D eigenvalue weighted by atomic mass is 10.1. The van der Waals surface area contributed by atoms with Crippen LogP contribution < -0.4 is 11.1 Å². The van der Waals surface area contributed by atoms with E-state index in [-0.39, 0.29) is 17.9 Å². The van der Waals surface area contributed by atoms with E-state index in [1.807, 2.05) is 30.3 Å². The Labute approximate surface area is 133 Å². The van der Waals surface area contributed by atoms with Crippen LogP contribution >= 0.6 is 0 Å². The molecule has 0 radical (unpaired) electrons. The van der Waals surface area contributed by atoms with Crippen molar-refractivity contribution in [2.75, 3.05) is 13.6 Å². The van der Waals surface area contributed by atoms with Gasteiger partial charge in [-0.05, 0) is 6.42 Å². The summed E-state index contributed by atoms with van der Waals surface area (Å²) in [6.45, 7) is 0.351. The van der Waals surface area contributed by atoms with Crippen LogP contribution in [0.3, 0.4) is 0 Å². The quantitative estimate of drug-likeness (QED) is 0.761. The van der Waals surface area contributed by atoms with Crippen molar-refractivity contribution >= 4 is 11.8 Å². The summed E-state index contributed by atoms with van der Waals surface area (Å²) < 4.78 is 0. The number of carbonyl (C=O) groups excluding carboxylic acids is 2. The first kappa shape index (κ1) is 15.2. The third kappa shape index (κ3) is 2.83. The Morgan fingerprint density at radius 3 is 2.78 bits per heavy atom. The van der Waals surface area contributed by atoms with Gasteiger partial charge in [-0.15, -0.1) is 0 Å². The molecule has 7 nitrogen and oxygen atoms in total. The van der Waals surface area contributed by atoms with E-state index in [0.717, 1.165) is 5.56 Å². The molecule has 2 aromatic rings. The Hall–Kier alpha value is -2.67. The molecule has 2 atom stereocenters. The maximum atomic E-state index is 12.9. The van der Waals surface area contributed by atoms with E-state index < -0.39 is 6.04 Å². The molecule has 1 aromatic heterocycles. The van der Waals surface area contributed by atoms with Gasteiger partial charge in [0.1, 0.15) is 17.4 Å². The molecule has 2 amide bonds. The molecule has 0 saturated carbocycles. The van der Waals surface area contributed by atoms with Crippen LogP contribution in [0.2, 0.25) is 0 Å². The predicted molar refractivity (Wildman–Crippen MR) is 85.5 cm³/mol. The molecule has 0 bridgehead atoms. The summed E-state index contributed by atoms with van der Waals surface area (Å²) in [7, 11) is 1.56. The zero-order valence-corrected chi connectivity index (χ0v) is 12.8. The van der Waals surface area contributed by atoms with Gasteiger partial charge in [0.2, 0.25) is 5.91 Å². The number of nitrogens with two attached hydrogens (primary N) is 1. The highest BCUT2D eigenvalue weighted by Crippen LogP contribution is 2.25. The van der Waals surface area contributed by atoms with E-state index in [0.29, 0.717) is 24.4 Å². The van der Waals surface area contributed by atoms with Gasteiger partial charge in [0, 0.05) is 25.2 Å². The average molecular weight is 313 g/mol. The minimum Gasteiger partial charge on any atom is -0.357 e. The molecule has 2 heterocycles. The maximum absolute atomic E-state index is 12.9. The standard InChI is InChI=1S/C16H19N5O2/c1-18-15(22)12-7-11(17)8-21(12)16(23)14-13(19-9-20-14)10-5-3-2-4-6-10/h2-6,9,11-12H,7-8,17H2,1H3,(H,18,22)(H,19,20)/t11-,12+/m1/s1. The zero-order chi connectivity index (χ0) is 16.4. The summed E-state index contributed by atoms with van der Waals surface area (Å²) in [5, 5.41) is 2.59. The monoisotopic (exact) mass is 313 g/mol. The predicted octanol–water partition coefficient (Wildman–Crippen LogP) is 0.365. The molecular weight excluding hydrogens is 294 g/mol.